The van der Waals surface area contributed by atoms with Crippen LogP contribution in [0.15, 0.2) is 6.07 Å². The molecule has 0 aliphatic carbocycles. The van der Waals surface area contributed by atoms with E-state index < -0.39 is 8.07 Å². The van der Waals surface area contributed by atoms with Crippen LogP contribution in [0.5, 0.6) is 0 Å². The second kappa shape index (κ2) is 5.61. The maximum Gasteiger partial charge on any atom is 0.139 e. The standard InChI is InChI=1S/C11H22N2O2Si/c1-10-7-11(8-14)13(12-10)9-15-5-6-16(2,3)4/h7,14H,5-6,8-9H2,1-4H3. The van der Waals surface area contributed by atoms with Gasteiger partial charge in [-0.1, -0.05) is 19.6 Å². The van der Waals surface area contributed by atoms with Crippen molar-refractivity contribution in [1.82, 2.24) is 9.78 Å². The third-order valence-corrected chi connectivity index (χ3v) is 4.06. The zero-order valence-corrected chi connectivity index (χ0v) is 11.7. The Bertz CT molecular complexity index is 331. The summed E-state index contributed by atoms with van der Waals surface area (Å²) in [5.74, 6) is 0. The van der Waals surface area contributed by atoms with Gasteiger partial charge in [-0.05, 0) is 19.0 Å². The van der Waals surface area contributed by atoms with E-state index in [4.69, 9.17) is 9.84 Å². The van der Waals surface area contributed by atoms with Gasteiger partial charge < -0.3 is 9.84 Å². The first kappa shape index (κ1) is 13.4. The Morgan fingerprint density at radius 2 is 2.12 bits per heavy atom. The summed E-state index contributed by atoms with van der Waals surface area (Å²) in [5, 5.41) is 13.4. The number of hydrogen-bond acceptors (Lipinski definition) is 3. The largest absolute Gasteiger partial charge is 0.390 e. The SMILES string of the molecule is Cc1cc(CO)n(COCC[Si](C)(C)C)n1. The van der Waals surface area contributed by atoms with Crippen molar-refractivity contribution in [1.29, 1.82) is 0 Å². The molecule has 1 N–H and O–H groups in total. The highest BCUT2D eigenvalue weighted by molar-refractivity contribution is 6.76. The average Bonchev–Trinajstić information content (AvgIpc) is 2.52. The molecule has 0 radical (unpaired) electrons. The van der Waals surface area contributed by atoms with Crippen molar-refractivity contribution < 1.29 is 9.84 Å². The molecule has 1 aromatic heterocycles. The molecule has 0 unspecified atom stereocenters. The molecule has 4 nitrogen and oxygen atoms in total. The first-order valence-electron chi connectivity index (χ1n) is 5.64. The Kier molecular flexibility index (Phi) is 4.70. The number of aliphatic hydroxyl groups is 1. The molecule has 0 saturated heterocycles. The lowest BCUT2D eigenvalue weighted by atomic mass is 10.4. The van der Waals surface area contributed by atoms with Gasteiger partial charge in [-0.2, -0.15) is 5.10 Å². The number of ether oxygens (including phenoxy) is 1. The van der Waals surface area contributed by atoms with E-state index in [9.17, 15) is 0 Å². The maximum absolute atomic E-state index is 9.11. The Labute approximate surface area is 98.2 Å². The summed E-state index contributed by atoms with van der Waals surface area (Å²) >= 11 is 0. The lowest BCUT2D eigenvalue weighted by Gasteiger charge is -2.15. The van der Waals surface area contributed by atoms with Crippen LogP contribution in [-0.4, -0.2) is 29.6 Å². The van der Waals surface area contributed by atoms with Crippen molar-refractivity contribution in [2.75, 3.05) is 6.61 Å². The normalized spacial score (nSPS) is 12.1. The summed E-state index contributed by atoms with van der Waals surface area (Å²) in [6, 6.07) is 3.03. The predicted molar refractivity (Wildman–Crippen MR) is 67.0 cm³/mol. The van der Waals surface area contributed by atoms with E-state index in [1.165, 1.54) is 0 Å². The van der Waals surface area contributed by atoms with E-state index in [0.29, 0.717) is 6.73 Å². The lowest BCUT2D eigenvalue weighted by Crippen LogP contribution is -2.22. The van der Waals surface area contributed by atoms with Crippen molar-refractivity contribution in [2.24, 2.45) is 0 Å². The van der Waals surface area contributed by atoms with E-state index in [1.54, 1.807) is 4.68 Å². The van der Waals surface area contributed by atoms with E-state index in [0.717, 1.165) is 24.0 Å². The molecule has 0 amide bonds. The van der Waals surface area contributed by atoms with Crippen LogP contribution in [0, 0.1) is 6.92 Å². The van der Waals surface area contributed by atoms with Gasteiger partial charge in [-0.3, -0.25) is 0 Å². The number of aromatic nitrogens is 2. The van der Waals surface area contributed by atoms with Crippen molar-refractivity contribution in [2.45, 2.75) is 45.9 Å². The third-order valence-electron chi connectivity index (χ3n) is 2.36. The molecule has 16 heavy (non-hydrogen) atoms. The molecule has 0 fully saturated rings. The first-order valence-corrected chi connectivity index (χ1v) is 9.35. The van der Waals surface area contributed by atoms with E-state index >= 15 is 0 Å². The van der Waals surface area contributed by atoms with Gasteiger partial charge in [0.2, 0.25) is 0 Å². The number of rotatable bonds is 6. The summed E-state index contributed by atoms with van der Waals surface area (Å²) in [5.41, 5.74) is 1.73. The summed E-state index contributed by atoms with van der Waals surface area (Å²) in [7, 11) is -1.02. The fraction of sp³-hybridized carbons (Fsp3) is 0.727. The first-order chi connectivity index (χ1) is 7.42. The van der Waals surface area contributed by atoms with Crippen LogP contribution in [0.3, 0.4) is 0 Å². The molecule has 1 heterocycles. The molecule has 0 aromatic carbocycles. The zero-order chi connectivity index (χ0) is 12.2. The molecule has 0 bridgehead atoms. The second-order valence-corrected chi connectivity index (χ2v) is 10.9. The zero-order valence-electron chi connectivity index (χ0n) is 10.7. The van der Waals surface area contributed by atoms with Crippen LogP contribution in [0.2, 0.25) is 25.7 Å². The van der Waals surface area contributed by atoms with Crippen molar-refractivity contribution in [3.05, 3.63) is 17.5 Å². The number of hydrogen-bond donors (Lipinski definition) is 1. The Balaban J connectivity index is 2.37. The molecule has 92 valence electrons. The molecule has 0 spiro atoms. The van der Waals surface area contributed by atoms with Crippen LogP contribution < -0.4 is 0 Å². The van der Waals surface area contributed by atoms with Gasteiger partial charge in [-0.25, -0.2) is 4.68 Å². The highest BCUT2D eigenvalue weighted by Crippen LogP contribution is 2.08. The van der Waals surface area contributed by atoms with Gasteiger partial charge in [0.25, 0.3) is 0 Å². The molecule has 0 atom stereocenters. The lowest BCUT2D eigenvalue weighted by molar-refractivity contribution is 0.0730. The fourth-order valence-electron chi connectivity index (χ4n) is 1.37. The van der Waals surface area contributed by atoms with Crippen LogP contribution >= 0.6 is 0 Å². The Morgan fingerprint density at radius 3 is 2.69 bits per heavy atom. The van der Waals surface area contributed by atoms with Gasteiger partial charge in [0, 0.05) is 14.7 Å². The average molecular weight is 242 g/mol. The van der Waals surface area contributed by atoms with E-state index in [2.05, 4.69) is 24.7 Å². The number of aryl methyl sites for hydroxylation is 1. The quantitative estimate of drug-likeness (QED) is 0.613. The van der Waals surface area contributed by atoms with Crippen molar-refractivity contribution >= 4 is 8.07 Å². The van der Waals surface area contributed by atoms with E-state index in [-0.39, 0.29) is 6.61 Å². The van der Waals surface area contributed by atoms with Crippen LogP contribution in [0.1, 0.15) is 11.4 Å². The smallest absolute Gasteiger partial charge is 0.139 e. The Morgan fingerprint density at radius 1 is 1.44 bits per heavy atom. The molecule has 0 aliphatic heterocycles. The van der Waals surface area contributed by atoms with Crippen LogP contribution in [-0.2, 0) is 18.1 Å². The topological polar surface area (TPSA) is 47.3 Å². The fourth-order valence-corrected chi connectivity index (χ4v) is 2.12. The van der Waals surface area contributed by atoms with Crippen molar-refractivity contribution in [3.63, 3.8) is 0 Å². The maximum atomic E-state index is 9.11. The minimum Gasteiger partial charge on any atom is -0.390 e. The van der Waals surface area contributed by atoms with Crippen LogP contribution in [0.25, 0.3) is 0 Å². The minimum absolute atomic E-state index is 0.0121. The predicted octanol–water partition coefficient (Wildman–Crippen LogP) is 2.00. The second-order valence-electron chi connectivity index (χ2n) is 5.28. The van der Waals surface area contributed by atoms with Gasteiger partial charge in [0.15, 0.2) is 0 Å². The van der Waals surface area contributed by atoms with Gasteiger partial charge in [-0.15, -0.1) is 0 Å². The van der Waals surface area contributed by atoms with Crippen molar-refractivity contribution in [3.8, 4) is 0 Å². The van der Waals surface area contributed by atoms with E-state index in [1.807, 2.05) is 13.0 Å². The number of aliphatic hydroxyl groups excluding tert-OH is 1. The highest BCUT2D eigenvalue weighted by atomic mass is 28.3. The minimum atomic E-state index is -1.02. The summed E-state index contributed by atoms with van der Waals surface area (Å²) in [6.07, 6.45) is 0. The third kappa shape index (κ3) is 4.47. The summed E-state index contributed by atoms with van der Waals surface area (Å²) in [4.78, 5) is 0. The van der Waals surface area contributed by atoms with Gasteiger partial charge in [0.05, 0.1) is 18.0 Å². The molecule has 0 aliphatic rings. The molecule has 1 aromatic rings. The molecule has 0 saturated carbocycles. The molecule has 1 rings (SSSR count). The molecular formula is C11H22N2O2Si. The van der Waals surface area contributed by atoms with Crippen LogP contribution in [0.4, 0.5) is 0 Å². The highest BCUT2D eigenvalue weighted by Gasteiger charge is 2.12. The molecule has 5 heteroatoms. The Hall–Kier alpha value is -0.653. The monoisotopic (exact) mass is 242 g/mol. The summed E-state index contributed by atoms with van der Waals surface area (Å²) in [6.45, 7) is 10.1. The molecular weight excluding hydrogens is 220 g/mol. The summed E-state index contributed by atoms with van der Waals surface area (Å²) < 4.78 is 7.30. The number of nitrogens with zero attached hydrogens (tertiary/aromatic N) is 2. The van der Waals surface area contributed by atoms with Gasteiger partial charge in [0.1, 0.15) is 6.73 Å². The van der Waals surface area contributed by atoms with Gasteiger partial charge >= 0.3 is 0 Å².